The van der Waals surface area contributed by atoms with Crippen molar-refractivity contribution < 1.29 is 29.5 Å². The standard InChI is InChI=1S/C22H26O6/c1-22(2,25)21-20(27-4)18-17(28-21)12-16(26-3)15(19(18)24)7-5-6-13-8-10-14(23)11-9-13/h5-6,8-12,20-21,23-25H,7H2,1-4H3. The van der Waals surface area contributed by atoms with E-state index < -0.39 is 17.8 Å². The summed E-state index contributed by atoms with van der Waals surface area (Å²) in [7, 11) is 3.06. The monoisotopic (exact) mass is 386 g/mol. The van der Waals surface area contributed by atoms with Gasteiger partial charge in [-0.25, -0.2) is 0 Å². The summed E-state index contributed by atoms with van der Waals surface area (Å²) in [6, 6.07) is 8.55. The number of aliphatic hydroxyl groups is 1. The van der Waals surface area contributed by atoms with E-state index in [1.165, 1.54) is 14.2 Å². The van der Waals surface area contributed by atoms with Gasteiger partial charge in [-0.2, -0.15) is 0 Å². The van der Waals surface area contributed by atoms with Crippen LogP contribution in [0.3, 0.4) is 0 Å². The highest BCUT2D eigenvalue weighted by atomic mass is 16.6. The second-order valence-corrected chi connectivity index (χ2v) is 7.36. The van der Waals surface area contributed by atoms with Crippen LogP contribution >= 0.6 is 0 Å². The molecule has 3 N–H and O–H groups in total. The van der Waals surface area contributed by atoms with Crippen molar-refractivity contribution in [1.82, 2.24) is 0 Å². The van der Waals surface area contributed by atoms with Crippen LogP contribution in [0.4, 0.5) is 0 Å². The lowest BCUT2D eigenvalue weighted by atomic mass is 9.92. The Kier molecular flexibility index (Phi) is 5.54. The van der Waals surface area contributed by atoms with E-state index in [0.29, 0.717) is 29.0 Å². The minimum Gasteiger partial charge on any atom is -0.508 e. The number of hydrogen-bond acceptors (Lipinski definition) is 6. The summed E-state index contributed by atoms with van der Waals surface area (Å²) in [5, 5.41) is 30.7. The second-order valence-electron chi connectivity index (χ2n) is 7.36. The number of fused-ring (bicyclic) bond motifs is 1. The van der Waals surface area contributed by atoms with Crippen molar-refractivity contribution in [3.63, 3.8) is 0 Å². The summed E-state index contributed by atoms with van der Waals surface area (Å²) in [6.07, 6.45) is 2.98. The van der Waals surface area contributed by atoms with Crippen LogP contribution in [-0.2, 0) is 11.2 Å². The molecule has 1 aliphatic heterocycles. The lowest BCUT2D eigenvalue weighted by Gasteiger charge is -2.29. The van der Waals surface area contributed by atoms with Crippen molar-refractivity contribution in [2.75, 3.05) is 14.2 Å². The fraction of sp³-hybridized carbons (Fsp3) is 0.364. The molecule has 0 bridgehead atoms. The van der Waals surface area contributed by atoms with Gasteiger partial charge in [0.05, 0.1) is 18.3 Å². The summed E-state index contributed by atoms with van der Waals surface area (Å²) >= 11 is 0. The number of rotatable bonds is 6. The maximum absolute atomic E-state index is 11.0. The first-order valence-corrected chi connectivity index (χ1v) is 9.06. The van der Waals surface area contributed by atoms with E-state index in [4.69, 9.17) is 14.2 Å². The van der Waals surface area contributed by atoms with Crippen molar-refractivity contribution in [3.8, 4) is 23.0 Å². The Morgan fingerprint density at radius 3 is 2.39 bits per heavy atom. The molecule has 0 saturated carbocycles. The second kappa shape index (κ2) is 7.73. The zero-order chi connectivity index (χ0) is 20.5. The molecule has 2 aromatic rings. The molecule has 0 saturated heterocycles. The molecule has 6 heteroatoms. The normalized spacial score (nSPS) is 18.9. The van der Waals surface area contributed by atoms with E-state index in [0.717, 1.165) is 5.56 Å². The first-order valence-electron chi connectivity index (χ1n) is 9.06. The molecule has 1 aliphatic rings. The lowest BCUT2D eigenvalue weighted by Crippen LogP contribution is -2.42. The average Bonchev–Trinajstić information content (AvgIpc) is 3.04. The molecule has 0 fully saturated rings. The summed E-state index contributed by atoms with van der Waals surface area (Å²) < 4.78 is 16.9. The van der Waals surface area contributed by atoms with Gasteiger partial charge in [0.1, 0.15) is 29.1 Å². The van der Waals surface area contributed by atoms with E-state index >= 15 is 0 Å². The molecular weight excluding hydrogens is 360 g/mol. The number of hydrogen-bond donors (Lipinski definition) is 3. The smallest absolute Gasteiger partial charge is 0.157 e. The Bertz CT molecular complexity index is 864. The highest BCUT2D eigenvalue weighted by Crippen LogP contribution is 2.51. The predicted octanol–water partition coefficient (Wildman–Crippen LogP) is 3.58. The molecule has 0 radical (unpaired) electrons. The zero-order valence-corrected chi connectivity index (χ0v) is 16.5. The zero-order valence-electron chi connectivity index (χ0n) is 16.5. The van der Waals surface area contributed by atoms with Gasteiger partial charge in [-0.15, -0.1) is 0 Å². The third-order valence-electron chi connectivity index (χ3n) is 4.87. The van der Waals surface area contributed by atoms with E-state index in [1.807, 2.05) is 12.2 Å². The molecule has 0 amide bonds. The maximum Gasteiger partial charge on any atom is 0.157 e. The molecule has 0 aliphatic carbocycles. The van der Waals surface area contributed by atoms with Gasteiger partial charge in [-0.05, 0) is 38.0 Å². The molecule has 2 unspecified atom stereocenters. The Morgan fingerprint density at radius 2 is 1.82 bits per heavy atom. The van der Waals surface area contributed by atoms with Gasteiger partial charge in [-0.3, -0.25) is 0 Å². The molecule has 28 heavy (non-hydrogen) atoms. The highest BCUT2D eigenvalue weighted by Gasteiger charge is 2.46. The van der Waals surface area contributed by atoms with Gasteiger partial charge in [-0.1, -0.05) is 24.3 Å². The number of phenolic OH excluding ortho intramolecular Hbond substituents is 2. The van der Waals surface area contributed by atoms with Crippen LogP contribution < -0.4 is 9.47 Å². The molecule has 0 aromatic heterocycles. The van der Waals surface area contributed by atoms with E-state index in [-0.39, 0.29) is 11.5 Å². The fourth-order valence-electron chi connectivity index (χ4n) is 3.44. The molecule has 2 aromatic carbocycles. The average molecular weight is 386 g/mol. The number of phenols is 2. The number of allylic oxidation sites excluding steroid dienone is 1. The van der Waals surface area contributed by atoms with Gasteiger partial charge >= 0.3 is 0 Å². The first kappa shape index (κ1) is 20.0. The largest absolute Gasteiger partial charge is 0.508 e. The topological polar surface area (TPSA) is 88.4 Å². The SMILES string of the molecule is COc1cc2c(c(O)c1CC=Cc1ccc(O)cc1)C(OC)C(C(C)(C)O)O2. The van der Waals surface area contributed by atoms with E-state index in [2.05, 4.69) is 0 Å². The molecule has 0 spiro atoms. The van der Waals surface area contributed by atoms with E-state index in [9.17, 15) is 15.3 Å². The van der Waals surface area contributed by atoms with Crippen molar-refractivity contribution in [3.05, 3.63) is 53.1 Å². The van der Waals surface area contributed by atoms with Crippen LogP contribution in [0, 0.1) is 0 Å². The number of benzene rings is 2. The van der Waals surface area contributed by atoms with Gasteiger partial charge in [0, 0.05) is 18.7 Å². The molecule has 1 heterocycles. The van der Waals surface area contributed by atoms with Crippen molar-refractivity contribution in [2.24, 2.45) is 0 Å². The van der Waals surface area contributed by atoms with Crippen LogP contribution in [-0.4, -0.2) is 41.2 Å². The Morgan fingerprint density at radius 1 is 1.14 bits per heavy atom. The third kappa shape index (κ3) is 3.79. The van der Waals surface area contributed by atoms with E-state index in [1.54, 1.807) is 44.2 Å². The van der Waals surface area contributed by atoms with Crippen LogP contribution in [0.2, 0.25) is 0 Å². The van der Waals surface area contributed by atoms with Gasteiger partial charge < -0.3 is 29.5 Å². The summed E-state index contributed by atoms with van der Waals surface area (Å²) in [4.78, 5) is 0. The van der Waals surface area contributed by atoms with Crippen LogP contribution in [0.25, 0.3) is 6.08 Å². The van der Waals surface area contributed by atoms with Gasteiger partial charge in [0.25, 0.3) is 0 Å². The lowest BCUT2D eigenvalue weighted by molar-refractivity contribution is -0.0885. The van der Waals surface area contributed by atoms with Crippen molar-refractivity contribution in [1.29, 1.82) is 0 Å². The summed E-state index contributed by atoms with van der Waals surface area (Å²) in [5.74, 6) is 1.20. The Hall–Kier alpha value is -2.70. The summed E-state index contributed by atoms with van der Waals surface area (Å²) in [5.41, 5.74) is 0.901. The Labute approximate surface area is 164 Å². The van der Waals surface area contributed by atoms with Crippen LogP contribution in [0.15, 0.2) is 36.4 Å². The quantitative estimate of drug-likeness (QED) is 0.703. The van der Waals surface area contributed by atoms with Crippen molar-refractivity contribution in [2.45, 2.75) is 38.1 Å². The minimum atomic E-state index is -1.15. The Balaban J connectivity index is 1.94. The number of ether oxygens (including phenoxy) is 3. The fourth-order valence-corrected chi connectivity index (χ4v) is 3.44. The summed E-state index contributed by atoms with van der Waals surface area (Å²) in [6.45, 7) is 3.29. The highest BCUT2D eigenvalue weighted by molar-refractivity contribution is 5.61. The molecule has 6 nitrogen and oxygen atoms in total. The molecule has 150 valence electrons. The minimum absolute atomic E-state index is 0.0447. The maximum atomic E-state index is 11.0. The molecule has 3 rings (SSSR count). The van der Waals surface area contributed by atoms with Crippen molar-refractivity contribution >= 4 is 6.08 Å². The number of aromatic hydroxyl groups is 2. The third-order valence-corrected chi connectivity index (χ3v) is 4.87. The first-order chi connectivity index (χ1) is 13.3. The predicted molar refractivity (Wildman–Crippen MR) is 106 cm³/mol. The number of methoxy groups -OCH3 is 2. The molecular formula is C22H26O6. The molecule has 2 atom stereocenters. The van der Waals surface area contributed by atoms with Gasteiger partial charge in [0.2, 0.25) is 0 Å². The van der Waals surface area contributed by atoms with Crippen LogP contribution in [0.1, 0.15) is 36.6 Å². The van der Waals surface area contributed by atoms with Crippen LogP contribution in [0.5, 0.6) is 23.0 Å². The van der Waals surface area contributed by atoms with Gasteiger partial charge in [0.15, 0.2) is 6.10 Å².